The SMILES string of the molecule is CC1Oc2ccc(C(=O)CCCO)cc2NC1=O. The normalized spacial score (nSPS) is 17.7. The third-order valence-electron chi connectivity index (χ3n) is 2.79. The number of nitrogens with one attached hydrogen (secondary N) is 1. The van der Waals surface area contributed by atoms with Crippen LogP contribution in [0.3, 0.4) is 0 Å². The number of amides is 1. The van der Waals surface area contributed by atoms with Crippen molar-refractivity contribution in [3.05, 3.63) is 23.8 Å². The summed E-state index contributed by atoms with van der Waals surface area (Å²) in [5.74, 6) is 0.294. The van der Waals surface area contributed by atoms with Crippen LogP contribution in [0, 0.1) is 0 Å². The molecule has 1 aromatic rings. The smallest absolute Gasteiger partial charge is 0.265 e. The molecule has 1 aromatic carbocycles. The van der Waals surface area contributed by atoms with Gasteiger partial charge in [0, 0.05) is 18.6 Å². The van der Waals surface area contributed by atoms with Crippen molar-refractivity contribution in [3.8, 4) is 5.75 Å². The number of rotatable bonds is 4. The second-order valence-electron chi connectivity index (χ2n) is 4.21. The number of carbonyl (C=O) groups excluding carboxylic acids is 2. The summed E-state index contributed by atoms with van der Waals surface area (Å²) in [5.41, 5.74) is 1.04. The molecule has 0 aromatic heterocycles. The summed E-state index contributed by atoms with van der Waals surface area (Å²) >= 11 is 0. The summed E-state index contributed by atoms with van der Waals surface area (Å²) in [4.78, 5) is 23.2. The zero-order valence-electron chi connectivity index (χ0n) is 10.1. The average Bonchev–Trinajstić information content (AvgIpc) is 2.36. The van der Waals surface area contributed by atoms with Gasteiger partial charge in [-0.15, -0.1) is 0 Å². The summed E-state index contributed by atoms with van der Waals surface area (Å²) < 4.78 is 5.40. The Morgan fingerprint density at radius 3 is 3.00 bits per heavy atom. The zero-order chi connectivity index (χ0) is 13.1. The molecule has 0 saturated carbocycles. The van der Waals surface area contributed by atoms with Crippen LogP contribution in [-0.4, -0.2) is 29.5 Å². The predicted molar refractivity (Wildman–Crippen MR) is 65.8 cm³/mol. The molecule has 18 heavy (non-hydrogen) atoms. The first-order valence-electron chi connectivity index (χ1n) is 5.87. The van der Waals surface area contributed by atoms with Gasteiger partial charge in [-0.05, 0) is 31.5 Å². The van der Waals surface area contributed by atoms with Crippen LogP contribution in [0.5, 0.6) is 5.75 Å². The van der Waals surface area contributed by atoms with Crippen molar-refractivity contribution in [2.45, 2.75) is 25.9 Å². The number of ketones is 1. The molecule has 1 amide bonds. The lowest BCUT2D eigenvalue weighted by Gasteiger charge is -2.23. The molecule has 1 unspecified atom stereocenters. The molecule has 0 bridgehead atoms. The number of aliphatic hydroxyl groups is 1. The minimum absolute atomic E-state index is 0.00591. The fraction of sp³-hybridized carbons (Fsp3) is 0.385. The quantitative estimate of drug-likeness (QED) is 0.790. The lowest BCUT2D eigenvalue weighted by molar-refractivity contribution is -0.122. The molecule has 2 rings (SSSR count). The largest absolute Gasteiger partial charge is 0.479 e. The van der Waals surface area contributed by atoms with Crippen LogP contribution in [0.4, 0.5) is 5.69 Å². The molecule has 0 fully saturated rings. The first-order chi connectivity index (χ1) is 8.61. The summed E-state index contributed by atoms with van der Waals surface area (Å²) in [5, 5.41) is 11.4. The van der Waals surface area contributed by atoms with E-state index >= 15 is 0 Å². The lowest BCUT2D eigenvalue weighted by Crippen LogP contribution is -2.34. The van der Waals surface area contributed by atoms with Crippen LogP contribution < -0.4 is 10.1 Å². The number of benzene rings is 1. The number of ether oxygens (including phenoxy) is 1. The van der Waals surface area contributed by atoms with Crippen molar-refractivity contribution in [2.75, 3.05) is 11.9 Å². The van der Waals surface area contributed by atoms with Crippen LogP contribution in [0.25, 0.3) is 0 Å². The molecule has 1 aliphatic rings. The molecule has 96 valence electrons. The molecule has 0 aliphatic carbocycles. The van der Waals surface area contributed by atoms with E-state index in [9.17, 15) is 9.59 Å². The van der Waals surface area contributed by atoms with Gasteiger partial charge in [-0.2, -0.15) is 0 Å². The molecular weight excluding hydrogens is 234 g/mol. The Bertz CT molecular complexity index is 484. The molecule has 5 heteroatoms. The fourth-order valence-electron chi connectivity index (χ4n) is 1.77. The van der Waals surface area contributed by atoms with E-state index in [4.69, 9.17) is 9.84 Å². The van der Waals surface area contributed by atoms with Crippen molar-refractivity contribution >= 4 is 17.4 Å². The molecular formula is C13H15NO4. The first kappa shape index (κ1) is 12.6. The van der Waals surface area contributed by atoms with Gasteiger partial charge < -0.3 is 15.2 Å². The molecule has 0 radical (unpaired) electrons. The Morgan fingerprint density at radius 2 is 2.28 bits per heavy atom. The number of carbonyl (C=O) groups is 2. The van der Waals surface area contributed by atoms with Gasteiger partial charge in [0.05, 0.1) is 5.69 Å². The van der Waals surface area contributed by atoms with Crippen molar-refractivity contribution in [1.29, 1.82) is 0 Å². The Hall–Kier alpha value is -1.88. The third kappa shape index (κ3) is 2.51. The molecule has 5 nitrogen and oxygen atoms in total. The number of anilines is 1. The van der Waals surface area contributed by atoms with Crippen LogP contribution in [0.1, 0.15) is 30.1 Å². The second-order valence-corrected chi connectivity index (χ2v) is 4.21. The van der Waals surface area contributed by atoms with Crippen LogP contribution in [-0.2, 0) is 4.79 Å². The van der Waals surface area contributed by atoms with E-state index in [2.05, 4.69) is 5.32 Å². The van der Waals surface area contributed by atoms with E-state index in [1.165, 1.54) is 0 Å². The van der Waals surface area contributed by atoms with E-state index in [0.29, 0.717) is 29.8 Å². The van der Waals surface area contributed by atoms with Crippen molar-refractivity contribution < 1.29 is 19.4 Å². The summed E-state index contributed by atoms with van der Waals surface area (Å²) in [6, 6.07) is 4.96. The highest BCUT2D eigenvalue weighted by atomic mass is 16.5. The van der Waals surface area contributed by atoms with E-state index in [1.807, 2.05) is 0 Å². The van der Waals surface area contributed by atoms with E-state index in [1.54, 1.807) is 25.1 Å². The average molecular weight is 249 g/mol. The summed E-state index contributed by atoms with van der Waals surface area (Å²) in [7, 11) is 0. The van der Waals surface area contributed by atoms with Crippen molar-refractivity contribution in [3.63, 3.8) is 0 Å². The summed E-state index contributed by atoms with van der Waals surface area (Å²) in [6.07, 6.45) is 0.212. The molecule has 1 atom stereocenters. The maximum Gasteiger partial charge on any atom is 0.265 e. The highest BCUT2D eigenvalue weighted by molar-refractivity contribution is 6.01. The van der Waals surface area contributed by atoms with Gasteiger partial charge in [-0.3, -0.25) is 9.59 Å². The summed E-state index contributed by atoms with van der Waals surface area (Å²) in [6.45, 7) is 1.66. The number of fused-ring (bicyclic) bond motifs is 1. The molecule has 0 saturated heterocycles. The maximum atomic E-state index is 11.8. The number of hydrogen-bond acceptors (Lipinski definition) is 4. The predicted octanol–water partition coefficient (Wildman–Crippen LogP) is 1.36. The Morgan fingerprint density at radius 1 is 1.50 bits per heavy atom. The van der Waals surface area contributed by atoms with Crippen LogP contribution in [0.2, 0.25) is 0 Å². The van der Waals surface area contributed by atoms with Gasteiger partial charge in [-0.1, -0.05) is 0 Å². The van der Waals surface area contributed by atoms with Crippen molar-refractivity contribution in [1.82, 2.24) is 0 Å². The highest BCUT2D eigenvalue weighted by Gasteiger charge is 2.24. The highest BCUT2D eigenvalue weighted by Crippen LogP contribution is 2.30. The van der Waals surface area contributed by atoms with Crippen LogP contribution in [0.15, 0.2) is 18.2 Å². The molecule has 2 N–H and O–H groups in total. The van der Waals surface area contributed by atoms with Gasteiger partial charge in [0.25, 0.3) is 5.91 Å². The number of Topliss-reactive ketones (excluding diaryl/α,β-unsaturated/α-hetero) is 1. The molecule has 1 heterocycles. The van der Waals surface area contributed by atoms with Gasteiger partial charge in [0.15, 0.2) is 11.9 Å². The number of aliphatic hydroxyl groups excluding tert-OH is 1. The molecule has 1 aliphatic heterocycles. The third-order valence-corrected chi connectivity index (χ3v) is 2.79. The van der Waals surface area contributed by atoms with E-state index in [-0.39, 0.29) is 18.3 Å². The Kier molecular flexibility index (Phi) is 3.62. The topological polar surface area (TPSA) is 75.6 Å². The lowest BCUT2D eigenvalue weighted by atomic mass is 10.0. The van der Waals surface area contributed by atoms with Gasteiger partial charge in [0.1, 0.15) is 5.75 Å². The van der Waals surface area contributed by atoms with Gasteiger partial charge >= 0.3 is 0 Å². The Balaban J connectivity index is 2.19. The first-order valence-corrected chi connectivity index (χ1v) is 5.87. The minimum atomic E-state index is -0.520. The standard InChI is InChI=1S/C13H15NO4/c1-8-13(17)14-10-7-9(4-5-12(10)18-8)11(16)3-2-6-15/h4-5,7-8,15H,2-3,6H2,1H3,(H,14,17). The maximum absolute atomic E-state index is 11.8. The number of hydrogen-bond donors (Lipinski definition) is 2. The van der Waals surface area contributed by atoms with E-state index in [0.717, 1.165) is 0 Å². The second kappa shape index (κ2) is 5.18. The fourth-order valence-corrected chi connectivity index (χ4v) is 1.77. The molecule has 0 spiro atoms. The Labute approximate surface area is 105 Å². The van der Waals surface area contributed by atoms with Crippen molar-refractivity contribution in [2.24, 2.45) is 0 Å². The monoisotopic (exact) mass is 249 g/mol. The van der Waals surface area contributed by atoms with Crippen LogP contribution >= 0.6 is 0 Å². The van der Waals surface area contributed by atoms with Gasteiger partial charge in [0.2, 0.25) is 0 Å². The zero-order valence-corrected chi connectivity index (χ0v) is 10.1. The van der Waals surface area contributed by atoms with E-state index < -0.39 is 6.10 Å². The minimum Gasteiger partial charge on any atom is -0.479 e. The van der Waals surface area contributed by atoms with Gasteiger partial charge in [-0.25, -0.2) is 0 Å².